The van der Waals surface area contributed by atoms with Crippen LogP contribution in [0.25, 0.3) is 0 Å². The van der Waals surface area contributed by atoms with Crippen LogP contribution < -0.4 is 0 Å². The van der Waals surface area contributed by atoms with E-state index in [0.717, 1.165) is 26.1 Å². The van der Waals surface area contributed by atoms with Gasteiger partial charge in [-0.2, -0.15) is 0 Å². The van der Waals surface area contributed by atoms with Crippen LogP contribution in [0.4, 0.5) is 0 Å². The molecule has 0 bridgehead atoms. The smallest absolute Gasteiger partial charge is 0.0745 e. The van der Waals surface area contributed by atoms with Crippen LogP contribution in [0.1, 0.15) is 46.5 Å². The molecule has 0 aliphatic carbocycles. The molecule has 0 heterocycles. The molecule has 0 radical (unpaired) electrons. The lowest BCUT2D eigenvalue weighted by atomic mass is 10.4. The Morgan fingerprint density at radius 3 is 1.21 bits per heavy atom. The molecule has 6 heteroatoms. The number of unbranched alkanes of at least 4 members (excludes halogenated alkanes) is 2. The van der Waals surface area contributed by atoms with Crippen molar-refractivity contribution in [2.24, 2.45) is 0 Å². The average molecular weight is 353 g/mol. The molecule has 0 aliphatic rings. The zero-order chi connectivity index (χ0) is 18.3. The van der Waals surface area contributed by atoms with E-state index in [0.29, 0.717) is 46.2 Å². The Labute approximate surface area is 148 Å². The van der Waals surface area contributed by atoms with Crippen LogP contribution in [-0.4, -0.2) is 77.8 Å². The third-order valence-electron chi connectivity index (χ3n) is 2.81. The van der Waals surface area contributed by atoms with Crippen LogP contribution in [0.5, 0.6) is 0 Å². The first-order valence-electron chi connectivity index (χ1n) is 9.16. The molecule has 0 aromatic rings. The van der Waals surface area contributed by atoms with Gasteiger partial charge in [-0.1, -0.05) is 26.7 Å². The van der Waals surface area contributed by atoms with Crippen molar-refractivity contribution in [3.63, 3.8) is 0 Å². The largest absolute Gasteiger partial charge is 0.391 e. The van der Waals surface area contributed by atoms with Gasteiger partial charge in [0.1, 0.15) is 0 Å². The summed E-state index contributed by atoms with van der Waals surface area (Å²) in [6.07, 6.45) is 4.28. The van der Waals surface area contributed by atoms with Gasteiger partial charge >= 0.3 is 0 Å². The van der Waals surface area contributed by atoms with Crippen molar-refractivity contribution in [1.29, 1.82) is 0 Å². The SMILES string of the molecule is CCCCOCCOCCOCCOCCCC.COCC(C)O. The maximum absolute atomic E-state index is 8.43. The first-order chi connectivity index (χ1) is 11.7. The Hall–Kier alpha value is -0.240. The van der Waals surface area contributed by atoms with Crippen molar-refractivity contribution in [2.45, 2.75) is 52.6 Å². The van der Waals surface area contributed by atoms with Crippen LogP contribution >= 0.6 is 0 Å². The van der Waals surface area contributed by atoms with Crippen molar-refractivity contribution in [1.82, 2.24) is 0 Å². The summed E-state index contributed by atoms with van der Waals surface area (Å²) in [5, 5.41) is 8.43. The summed E-state index contributed by atoms with van der Waals surface area (Å²) in [6.45, 7) is 12.0. The Kier molecular flexibility index (Phi) is 27.1. The van der Waals surface area contributed by atoms with Gasteiger partial charge in [0.25, 0.3) is 0 Å². The van der Waals surface area contributed by atoms with Crippen LogP contribution in [0, 0.1) is 0 Å². The highest BCUT2D eigenvalue weighted by Crippen LogP contribution is 1.89. The number of rotatable bonds is 17. The van der Waals surface area contributed by atoms with Crippen molar-refractivity contribution in [2.75, 3.05) is 66.6 Å². The zero-order valence-corrected chi connectivity index (χ0v) is 16.3. The molecule has 6 nitrogen and oxygen atoms in total. The maximum Gasteiger partial charge on any atom is 0.0745 e. The minimum atomic E-state index is -0.324. The van der Waals surface area contributed by atoms with E-state index in [1.807, 2.05) is 0 Å². The van der Waals surface area contributed by atoms with Crippen LogP contribution in [0.15, 0.2) is 0 Å². The van der Waals surface area contributed by atoms with Crippen molar-refractivity contribution < 1.29 is 28.8 Å². The third-order valence-corrected chi connectivity index (χ3v) is 2.81. The van der Waals surface area contributed by atoms with Crippen LogP contribution in [-0.2, 0) is 23.7 Å². The molecule has 148 valence electrons. The highest BCUT2D eigenvalue weighted by atomic mass is 16.6. The first kappa shape index (κ1) is 26.0. The van der Waals surface area contributed by atoms with E-state index in [1.54, 1.807) is 14.0 Å². The third kappa shape index (κ3) is 29.7. The molecule has 0 spiro atoms. The molecule has 0 saturated carbocycles. The second-order valence-electron chi connectivity index (χ2n) is 5.46. The van der Waals surface area contributed by atoms with Gasteiger partial charge in [-0.3, -0.25) is 0 Å². The van der Waals surface area contributed by atoms with Gasteiger partial charge in [-0.25, -0.2) is 0 Å². The van der Waals surface area contributed by atoms with Gasteiger partial charge in [0.05, 0.1) is 52.4 Å². The summed E-state index contributed by atoms with van der Waals surface area (Å²) in [7, 11) is 1.56. The van der Waals surface area contributed by atoms with Gasteiger partial charge in [-0.05, 0) is 19.8 Å². The quantitative estimate of drug-likeness (QED) is 0.406. The summed E-state index contributed by atoms with van der Waals surface area (Å²) in [6, 6.07) is 0. The van der Waals surface area contributed by atoms with Crippen molar-refractivity contribution in [3.05, 3.63) is 0 Å². The van der Waals surface area contributed by atoms with E-state index in [9.17, 15) is 0 Å². The normalized spacial score (nSPS) is 11.9. The van der Waals surface area contributed by atoms with E-state index in [-0.39, 0.29) is 6.10 Å². The number of hydrogen-bond acceptors (Lipinski definition) is 6. The monoisotopic (exact) mass is 352 g/mol. The highest BCUT2D eigenvalue weighted by molar-refractivity contribution is 4.37. The Morgan fingerprint density at radius 1 is 0.667 bits per heavy atom. The Bertz CT molecular complexity index is 186. The van der Waals surface area contributed by atoms with Gasteiger partial charge in [-0.15, -0.1) is 0 Å². The highest BCUT2D eigenvalue weighted by Gasteiger charge is 1.92. The minimum Gasteiger partial charge on any atom is -0.391 e. The Morgan fingerprint density at radius 2 is 1.00 bits per heavy atom. The molecule has 1 atom stereocenters. The fraction of sp³-hybridized carbons (Fsp3) is 1.00. The molecule has 0 fully saturated rings. The van der Waals surface area contributed by atoms with Gasteiger partial charge < -0.3 is 28.8 Å². The topological polar surface area (TPSA) is 66.4 Å². The second kappa shape index (κ2) is 25.0. The van der Waals surface area contributed by atoms with E-state index in [4.69, 9.17) is 24.1 Å². The van der Waals surface area contributed by atoms with E-state index < -0.39 is 0 Å². The van der Waals surface area contributed by atoms with Gasteiger partial charge in [0.15, 0.2) is 0 Å². The summed E-state index contributed by atoms with van der Waals surface area (Å²) in [4.78, 5) is 0. The zero-order valence-electron chi connectivity index (χ0n) is 16.3. The predicted molar refractivity (Wildman–Crippen MR) is 96.6 cm³/mol. The number of methoxy groups -OCH3 is 1. The molecule has 0 aromatic carbocycles. The lowest BCUT2D eigenvalue weighted by Gasteiger charge is -2.07. The van der Waals surface area contributed by atoms with E-state index in [2.05, 4.69) is 18.6 Å². The maximum atomic E-state index is 8.43. The number of ether oxygens (including phenoxy) is 5. The molecule has 1 unspecified atom stereocenters. The minimum absolute atomic E-state index is 0.324. The molecule has 0 aliphatic heterocycles. The molecule has 24 heavy (non-hydrogen) atoms. The summed E-state index contributed by atoms with van der Waals surface area (Å²) < 4.78 is 26.0. The van der Waals surface area contributed by atoms with E-state index in [1.165, 1.54) is 12.8 Å². The van der Waals surface area contributed by atoms with Crippen molar-refractivity contribution in [3.8, 4) is 0 Å². The molecular formula is C18H40O6. The summed E-state index contributed by atoms with van der Waals surface area (Å²) in [5.41, 5.74) is 0. The van der Waals surface area contributed by atoms with Gasteiger partial charge in [0.2, 0.25) is 0 Å². The molecule has 1 N–H and O–H groups in total. The average Bonchev–Trinajstić information content (AvgIpc) is 2.56. The molecule has 0 aromatic heterocycles. The van der Waals surface area contributed by atoms with E-state index >= 15 is 0 Å². The first-order valence-corrected chi connectivity index (χ1v) is 9.16. The fourth-order valence-corrected chi connectivity index (χ4v) is 1.50. The Balaban J connectivity index is 0. The second-order valence-corrected chi connectivity index (χ2v) is 5.46. The predicted octanol–water partition coefficient (Wildman–Crippen LogP) is 2.67. The summed E-state index contributed by atoms with van der Waals surface area (Å²) in [5.74, 6) is 0. The molecule has 0 saturated heterocycles. The molecule has 0 rings (SSSR count). The molecule has 0 amide bonds. The van der Waals surface area contributed by atoms with Crippen molar-refractivity contribution >= 4 is 0 Å². The van der Waals surface area contributed by atoms with Crippen LogP contribution in [0.2, 0.25) is 0 Å². The molecular weight excluding hydrogens is 312 g/mol. The number of aliphatic hydroxyl groups is 1. The summed E-state index contributed by atoms with van der Waals surface area (Å²) >= 11 is 0. The fourth-order valence-electron chi connectivity index (χ4n) is 1.50. The van der Waals surface area contributed by atoms with Gasteiger partial charge in [0, 0.05) is 20.3 Å². The lowest BCUT2D eigenvalue weighted by Crippen LogP contribution is -2.12. The lowest BCUT2D eigenvalue weighted by molar-refractivity contribution is -0.00227. The number of hydrogen-bond donors (Lipinski definition) is 1. The van der Waals surface area contributed by atoms with Crippen LogP contribution in [0.3, 0.4) is 0 Å². The number of aliphatic hydroxyl groups excluding tert-OH is 1. The standard InChI is InChI=1S/C14H30O4.C4H10O2/c1-3-5-7-15-9-11-17-13-14-18-12-10-16-8-6-4-2;1-4(5)3-6-2/h3-14H2,1-2H3;4-5H,3H2,1-2H3.